The molecule has 1 aliphatic carbocycles. The maximum atomic E-state index is 12.5. The zero-order valence-electron chi connectivity index (χ0n) is 12.9. The Morgan fingerprint density at radius 3 is 2.80 bits per heavy atom. The van der Waals surface area contributed by atoms with E-state index >= 15 is 0 Å². The molecule has 1 amide bonds. The van der Waals surface area contributed by atoms with Gasteiger partial charge in [0.2, 0.25) is 0 Å². The monoisotopic (exact) mass is 277 g/mol. The fraction of sp³-hybridized carbons (Fsp3) is 0.688. The standard InChI is InChI=1S/C16H27N3O/c1-4-8-19-10-13(17)9-15(19)16(20)18-14-7-6-12(5-2)11(14)3/h9-12,14H,4-8,17H2,1-3H3,(H,18,20). The lowest BCUT2D eigenvalue weighted by Gasteiger charge is -2.21. The molecule has 1 heterocycles. The topological polar surface area (TPSA) is 60.0 Å². The van der Waals surface area contributed by atoms with E-state index < -0.39 is 0 Å². The van der Waals surface area contributed by atoms with Crippen molar-refractivity contribution in [2.45, 2.75) is 59.0 Å². The minimum atomic E-state index is 0.0174. The zero-order valence-corrected chi connectivity index (χ0v) is 12.9. The van der Waals surface area contributed by atoms with Crippen molar-refractivity contribution < 1.29 is 4.79 Å². The van der Waals surface area contributed by atoms with Gasteiger partial charge in [0.25, 0.3) is 5.91 Å². The molecule has 0 bridgehead atoms. The quantitative estimate of drug-likeness (QED) is 0.869. The van der Waals surface area contributed by atoms with Gasteiger partial charge in [0.05, 0.1) is 5.69 Å². The van der Waals surface area contributed by atoms with Gasteiger partial charge in [-0.25, -0.2) is 0 Å². The molecule has 0 aliphatic heterocycles. The van der Waals surface area contributed by atoms with Crippen LogP contribution in [0.5, 0.6) is 0 Å². The normalized spacial score (nSPS) is 25.9. The molecule has 0 saturated heterocycles. The number of nitrogens with one attached hydrogen (secondary N) is 1. The summed E-state index contributed by atoms with van der Waals surface area (Å²) < 4.78 is 1.96. The van der Waals surface area contributed by atoms with Crippen molar-refractivity contribution in [3.63, 3.8) is 0 Å². The number of hydrogen-bond acceptors (Lipinski definition) is 2. The number of nitrogens with zero attached hydrogens (tertiary/aromatic N) is 1. The molecule has 3 unspecified atom stereocenters. The molecule has 4 nitrogen and oxygen atoms in total. The Morgan fingerprint density at radius 2 is 2.20 bits per heavy atom. The van der Waals surface area contributed by atoms with Crippen molar-refractivity contribution in [3.8, 4) is 0 Å². The molecule has 20 heavy (non-hydrogen) atoms. The van der Waals surface area contributed by atoms with E-state index in [0.29, 0.717) is 23.3 Å². The zero-order chi connectivity index (χ0) is 14.7. The molecule has 1 aliphatic rings. The fourth-order valence-corrected chi connectivity index (χ4v) is 3.42. The number of amides is 1. The number of nitrogens with two attached hydrogens (primary N) is 1. The number of nitrogen functional groups attached to an aromatic ring is 1. The van der Waals surface area contributed by atoms with Crippen LogP contribution in [0.2, 0.25) is 0 Å². The summed E-state index contributed by atoms with van der Waals surface area (Å²) in [5.41, 5.74) is 7.18. The van der Waals surface area contributed by atoms with Crippen LogP contribution in [0.15, 0.2) is 12.3 Å². The van der Waals surface area contributed by atoms with Crippen LogP contribution < -0.4 is 11.1 Å². The fourth-order valence-electron chi connectivity index (χ4n) is 3.42. The second-order valence-electron chi connectivity index (χ2n) is 6.04. The average molecular weight is 277 g/mol. The maximum absolute atomic E-state index is 12.5. The van der Waals surface area contributed by atoms with Crippen LogP contribution in [-0.2, 0) is 6.54 Å². The second kappa shape index (κ2) is 6.33. The van der Waals surface area contributed by atoms with Crippen LogP contribution in [0.1, 0.15) is 56.9 Å². The van der Waals surface area contributed by atoms with Crippen LogP contribution in [0, 0.1) is 11.8 Å². The van der Waals surface area contributed by atoms with E-state index in [1.807, 2.05) is 10.8 Å². The van der Waals surface area contributed by atoms with Gasteiger partial charge in [0.1, 0.15) is 5.69 Å². The van der Waals surface area contributed by atoms with Crippen molar-refractivity contribution in [2.24, 2.45) is 11.8 Å². The Morgan fingerprint density at radius 1 is 1.45 bits per heavy atom. The Kier molecular flexibility index (Phi) is 4.73. The van der Waals surface area contributed by atoms with Gasteiger partial charge in [0.15, 0.2) is 0 Å². The minimum Gasteiger partial charge on any atom is -0.397 e. The number of aromatic nitrogens is 1. The molecule has 0 radical (unpaired) electrons. The van der Waals surface area contributed by atoms with Crippen LogP contribution in [0.4, 0.5) is 5.69 Å². The number of hydrogen-bond donors (Lipinski definition) is 2. The second-order valence-corrected chi connectivity index (χ2v) is 6.04. The molecule has 4 heteroatoms. The highest BCUT2D eigenvalue weighted by atomic mass is 16.2. The Balaban J connectivity index is 2.05. The molecule has 2 rings (SSSR count). The Bertz CT molecular complexity index is 466. The van der Waals surface area contributed by atoms with Crippen molar-refractivity contribution >= 4 is 11.6 Å². The van der Waals surface area contributed by atoms with Crippen LogP contribution in [0.25, 0.3) is 0 Å². The molecule has 3 atom stereocenters. The molecule has 1 aromatic rings. The highest BCUT2D eigenvalue weighted by Crippen LogP contribution is 2.34. The molecule has 0 spiro atoms. The summed E-state index contributed by atoms with van der Waals surface area (Å²) in [5.74, 6) is 1.33. The molecule has 112 valence electrons. The van der Waals surface area contributed by atoms with Crippen LogP contribution >= 0.6 is 0 Å². The van der Waals surface area contributed by atoms with E-state index in [4.69, 9.17) is 5.73 Å². The predicted molar refractivity (Wildman–Crippen MR) is 82.6 cm³/mol. The SMILES string of the molecule is CCCn1cc(N)cc1C(=O)NC1CCC(CC)C1C. The summed E-state index contributed by atoms with van der Waals surface area (Å²) in [4.78, 5) is 12.5. The summed E-state index contributed by atoms with van der Waals surface area (Å²) in [6.45, 7) is 7.42. The van der Waals surface area contributed by atoms with E-state index in [1.165, 1.54) is 12.8 Å². The number of aryl methyl sites for hydroxylation is 1. The summed E-state index contributed by atoms with van der Waals surface area (Å²) >= 11 is 0. The minimum absolute atomic E-state index is 0.0174. The largest absolute Gasteiger partial charge is 0.397 e. The third kappa shape index (κ3) is 3.00. The third-order valence-electron chi connectivity index (χ3n) is 4.68. The van der Waals surface area contributed by atoms with Gasteiger partial charge >= 0.3 is 0 Å². The first-order chi connectivity index (χ1) is 9.56. The summed E-state index contributed by atoms with van der Waals surface area (Å²) in [5, 5.41) is 3.21. The van der Waals surface area contributed by atoms with E-state index in [1.54, 1.807) is 6.07 Å². The summed E-state index contributed by atoms with van der Waals surface area (Å²) in [7, 11) is 0. The first-order valence-corrected chi connectivity index (χ1v) is 7.83. The molecule has 1 fully saturated rings. The van der Waals surface area contributed by atoms with Crippen LogP contribution in [-0.4, -0.2) is 16.5 Å². The number of anilines is 1. The van der Waals surface area contributed by atoms with Gasteiger partial charge in [0, 0.05) is 18.8 Å². The van der Waals surface area contributed by atoms with Gasteiger partial charge in [-0.3, -0.25) is 4.79 Å². The van der Waals surface area contributed by atoms with Gasteiger partial charge in [-0.15, -0.1) is 0 Å². The summed E-state index contributed by atoms with van der Waals surface area (Å²) in [6.07, 6.45) is 6.36. The molecule has 1 saturated carbocycles. The van der Waals surface area contributed by atoms with E-state index in [-0.39, 0.29) is 5.91 Å². The maximum Gasteiger partial charge on any atom is 0.268 e. The molecule has 0 aromatic carbocycles. The van der Waals surface area contributed by atoms with E-state index in [2.05, 4.69) is 26.1 Å². The van der Waals surface area contributed by atoms with Gasteiger partial charge in [-0.05, 0) is 37.2 Å². The lowest BCUT2D eigenvalue weighted by atomic mass is 9.93. The first kappa shape index (κ1) is 14.9. The van der Waals surface area contributed by atoms with Crippen molar-refractivity contribution in [2.75, 3.05) is 5.73 Å². The van der Waals surface area contributed by atoms with Gasteiger partial charge in [-0.1, -0.05) is 27.2 Å². The van der Waals surface area contributed by atoms with Crippen LogP contribution in [0.3, 0.4) is 0 Å². The number of rotatable bonds is 5. The molecular weight excluding hydrogens is 250 g/mol. The average Bonchev–Trinajstić information content (AvgIpc) is 2.94. The Labute approximate surface area is 121 Å². The smallest absolute Gasteiger partial charge is 0.268 e. The lowest BCUT2D eigenvalue weighted by molar-refractivity contribution is 0.0917. The number of carbonyl (C=O) groups is 1. The lowest BCUT2D eigenvalue weighted by Crippen LogP contribution is -2.38. The highest BCUT2D eigenvalue weighted by Gasteiger charge is 2.32. The van der Waals surface area contributed by atoms with E-state index in [9.17, 15) is 4.79 Å². The number of carbonyl (C=O) groups excluding carboxylic acids is 1. The Hall–Kier alpha value is -1.45. The molecule has 1 aromatic heterocycles. The van der Waals surface area contributed by atoms with Crippen molar-refractivity contribution in [3.05, 3.63) is 18.0 Å². The first-order valence-electron chi connectivity index (χ1n) is 7.83. The van der Waals surface area contributed by atoms with Gasteiger partial charge < -0.3 is 15.6 Å². The third-order valence-corrected chi connectivity index (χ3v) is 4.68. The summed E-state index contributed by atoms with van der Waals surface area (Å²) in [6, 6.07) is 2.08. The van der Waals surface area contributed by atoms with E-state index in [0.717, 1.165) is 25.3 Å². The highest BCUT2D eigenvalue weighted by molar-refractivity contribution is 5.94. The molecule has 3 N–H and O–H groups in total. The van der Waals surface area contributed by atoms with Gasteiger partial charge in [-0.2, -0.15) is 0 Å². The molecular formula is C16H27N3O. The van der Waals surface area contributed by atoms with Crippen molar-refractivity contribution in [1.29, 1.82) is 0 Å². The van der Waals surface area contributed by atoms with Crippen molar-refractivity contribution in [1.82, 2.24) is 9.88 Å². The predicted octanol–water partition coefficient (Wildman–Crippen LogP) is 3.03.